The topological polar surface area (TPSA) is 9.23 Å². The van der Waals surface area contributed by atoms with Gasteiger partial charge in [-0.2, -0.15) is 0 Å². The van der Waals surface area contributed by atoms with E-state index in [2.05, 4.69) is 0 Å². The average Bonchev–Trinajstić information content (AvgIpc) is 2.79. The molecule has 1 nitrogen and oxygen atoms in total. The number of rotatable bonds is 8. The van der Waals surface area contributed by atoms with E-state index in [-0.39, 0.29) is 17.5 Å². The molecule has 164 valence electrons. The van der Waals surface area contributed by atoms with E-state index >= 15 is 4.39 Å². The van der Waals surface area contributed by atoms with Crippen molar-refractivity contribution in [3.63, 3.8) is 0 Å². The molecule has 0 amide bonds. The molecule has 4 rings (SSSR count). The Bertz CT molecular complexity index is 1220. The first-order valence-electron chi connectivity index (χ1n) is 10.9. The number of halogens is 3. The van der Waals surface area contributed by atoms with Crippen LogP contribution in [0.3, 0.4) is 0 Å². The van der Waals surface area contributed by atoms with Crippen LogP contribution >= 0.6 is 0 Å². The monoisotopic (exact) mass is 434 g/mol. The van der Waals surface area contributed by atoms with Gasteiger partial charge >= 0.3 is 0 Å². The summed E-state index contributed by atoms with van der Waals surface area (Å²) in [6.45, 7) is 2.36. The lowest BCUT2D eigenvalue weighted by Gasteiger charge is -2.10. The van der Waals surface area contributed by atoms with Gasteiger partial charge in [0, 0.05) is 11.5 Å². The maximum absolute atomic E-state index is 15.1. The Labute approximate surface area is 186 Å². The van der Waals surface area contributed by atoms with E-state index in [9.17, 15) is 8.78 Å². The van der Waals surface area contributed by atoms with Gasteiger partial charge in [-0.1, -0.05) is 48.5 Å². The van der Waals surface area contributed by atoms with Crippen molar-refractivity contribution in [1.29, 1.82) is 0 Å². The fourth-order valence-electron chi connectivity index (χ4n) is 3.93. The first-order chi connectivity index (χ1) is 15.5. The fraction of sp³-hybridized carbons (Fsp3) is 0.214. The third-order valence-corrected chi connectivity index (χ3v) is 5.71. The molecule has 0 saturated carbocycles. The van der Waals surface area contributed by atoms with Crippen molar-refractivity contribution in [2.24, 2.45) is 0 Å². The minimum Gasteiger partial charge on any atom is -0.494 e. The number of hydrogen-bond acceptors (Lipinski definition) is 1. The minimum absolute atomic E-state index is 0.214. The summed E-state index contributed by atoms with van der Waals surface area (Å²) in [7, 11) is 0. The second kappa shape index (κ2) is 9.90. The number of ether oxygens (including phenoxy) is 1. The van der Waals surface area contributed by atoms with E-state index < -0.39 is 0 Å². The number of hydrogen-bond donors (Lipinski definition) is 0. The highest BCUT2D eigenvalue weighted by Crippen LogP contribution is 2.25. The minimum atomic E-state index is -0.272. The van der Waals surface area contributed by atoms with Gasteiger partial charge < -0.3 is 4.74 Å². The number of benzene rings is 4. The van der Waals surface area contributed by atoms with E-state index in [1.807, 2.05) is 31.2 Å². The lowest BCUT2D eigenvalue weighted by molar-refractivity contribution is 0.338. The molecule has 0 aliphatic rings. The third kappa shape index (κ3) is 5.13. The van der Waals surface area contributed by atoms with Gasteiger partial charge in [0.15, 0.2) is 0 Å². The van der Waals surface area contributed by atoms with Gasteiger partial charge in [0.05, 0.1) is 6.61 Å². The molecule has 4 aromatic carbocycles. The summed E-state index contributed by atoms with van der Waals surface area (Å²) in [5, 5.41) is 1.41. The Morgan fingerprint density at radius 3 is 2.09 bits per heavy atom. The summed E-state index contributed by atoms with van der Waals surface area (Å²) < 4.78 is 47.7. The van der Waals surface area contributed by atoms with E-state index in [4.69, 9.17) is 4.74 Å². The van der Waals surface area contributed by atoms with Crippen LogP contribution < -0.4 is 4.74 Å². The van der Waals surface area contributed by atoms with E-state index in [1.54, 1.807) is 30.3 Å². The van der Waals surface area contributed by atoms with Crippen LogP contribution in [0.15, 0.2) is 72.8 Å². The Balaban J connectivity index is 1.45. The smallest absolute Gasteiger partial charge is 0.134 e. The second-order valence-electron chi connectivity index (χ2n) is 7.91. The zero-order valence-corrected chi connectivity index (χ0v) is 18.0. The molecule has 0 bridgehead atoms. The molecular weight excluding hydrogens is 409 g/mol. The molecule has 0 aliphatic heterocycles. The molecule has 4 heteroatoms. The number of aryl methyl sites for hydroxylation is 4. The lowest BCUT2D eigenvalue weighted by atomic mass is 9.97. The summed E-state index contributed by atoms with van der Waals surface area (Å²) in [5.74, 6) is -0.223. The van der Waals surface area contributed by atoms with Crippen LogP contribution in [0.1, 0.15) is 29.2 Å². The Kier molecular flexibility index (Phi) is 6.79. The van der Waals surface area contributed by atoms with Gasteiger partial charge in [-0.05, 0) is 78.4 Å². The van der Waals surface area contributed by atoms with Crippen LogP contribution in [0, 0.1) is 17.5 Å². The quantitative estimate of drug-likeness (QED) is 0.284. The Morgan fingerprint density at radius 2 is 1.34 bits per heavy atom. The summed E-state index contributed by atoms with van der Waals surface area (Å²) in [6, 6.07) is 20.7. The molecule has 0 atom stereocenters. The van der Waals surface area contributed by atoms with Gasteiger partial charge in [-0.15, -0.1) is 0 Å². The van der Waals surface area contributed by atoms with Gasteiger partial charge in [-0.3, -0.25) is 0 Å². The van der Waals surface area contributed by atoms with Crippen LogP contribution in [0.4, 0.5) is 13.2 Å². The SMILES string of the molecule is CCOc1ccc(CCc2ccc3c(F)c(CCc4ccc(F)cc4)ccc3c2)c(F)c1. The predicted octanol–water partition coefficient (Wildman–Crippen LogP) is 7.23. The van der Waals surface area contributed by atoms with Crippen molar-refractivity contribution in [2.75, 3.05) is 6.61 Å². The van der Waals surface area contributed by atoms with Gasteiger partial charge in [-0.25, -0.2) is 13.2 Å². The average molecular weight is 435 g/mol. The molecule has 0 N–H and O–H groups in total. The molecule has 0 unspecified atom stereocenters. The zero-order chi connectivity index (χ0) is 22.5. The molecule has 0 heterocycles. The molecule has 0 radical (unpaired) electrons. The van der Waals surface area contributed by atoms with E-state index in [1.165, 1.54) is 18.2 Å². The van der Waals surface area contributed by atoms with Gasteiger partial charge in [0.1, 0.15) is 23.2 Å². The van der Waals surface area contributed by atoms with Gasteiger partial charge in [0.25, 0.3) is 0 Å². The maximum Gasteiger partial charge on any atom is 0.134 e. The van der Waals surface area contributed by atoms with Crippen molar-refractivity contribution in [3.8, 4) is 5.75 Å². The first-order valence-corrected chi connectivity index (χ1v) is 10.9. The normalized spacial score (nSPS) is 11.1. The Morgan fingerprint density at radius 1 is 0.656 bits per heavy atom. The maximum atomic E-state index is 15.1. The predicted molar refractivity (Wildman–Crippen MR) is 123 cm³/mol. The summed E-state index contributed by atoms with van der Waals surface area (Å²) >= 11 is 0. The largest absolute Gasteiger partial charge is 0.494 e. The molecule has 0 fully saturated rings. The summed E-state index contributed by atoms with van der Waals surface area (Å²) in [6.07, 6.45) is 2.41. The van der Waals surface area contributed by atoms with Crippen molar-refractivity contribution in [3.05, 3.63) is 113 Å². The number of fused-ring (bicyclic) bond motifs is 1. The van der Waals surface area contributed by atoms with E-state index in [0.717, 1.165) is 16.5 Å². The molecule has 4 aromatic rings. The molecule has 0 saturated heterocycles. The lowest BCUT2D eigenvalue weighted by Crippen LogP contribution is -1.98. The fourth-order valence-corrected chi connectivity index (χ4v) is 3.93. The standard InChI is InChI=1S/C28H25F3O/c1-2-32-25-15-12-21(27(30)18-25)8-4-20-7-16-26-23(17-20)11-10-22(28(26)31)9-3-19-5-13-24(29)14-6-19/h5-7,10-18H,2-4,8-9H2,1H3. The summed E-state index contributed by atoms with van der Waals surface area (Å²) in [4.78, 5) is 0. The van der Waals surface area contributed by atoms with Crippen LogP contribution in [0.2, 0.25) is 0 Å². The third-order valence-electron chi connectivity index (χ3n) is 5.71. The molecular formula is C28H25F3O. The molecule has 32 heavy (non-hydrogen) atoms. The molecule has 0 aromatic heterocycles. The highest BCUT2D eigenvalue weighted by molar-refractivity contribution is 5.84. The van der Waals surface area contributed by atoms with Crippen molar-refractivity contribution in [2.45, 2.75) is 32.6 Å². The highest BCUT2D eigenvalue weighted by atomic mass is 19.1. The zero-order valence-electron chi connectivity index (χ0n) is 18.0. The van der Waals surface area contributed by atoms with E-state index in [0.29, 0.717) is 54.6 Å². The van der Waals surface area contributed by atoms with Gasteiger partial charge in [0.2, 0.25) is 0 Å². The Hall–Kier alpha value is -3.27. The van der Waals surface area contributed by atoms with Crippen molar-refractivity contribution >= 4 is 10.8 Å². The van der Waals surface area contributed by atoms with Crippen LogP contribution in [0.5, 0.6) is 5.75 Å². The highest BCUT2D eigenvalue weighted by Gasteiger charge is 2.10. The van der Waals surface area contributed by atoms with Crippen LogP contribution in [-0.2, 0) is 25.7 Å². The van der Waals surface area contributed by atoms with Crippen LogP contribution in [-0.4, -0.2) is 6.61 Å². The first kappa shape index (κ1) is 21.9. The molecule has 0 spiro atoms. The second-order valence-corrected chi connectivity index (χ2v) is 7.91. The van der Waals surface area contributed by atoms with Crippen molar-refractivity contribution in [1.82, 2.24) is 0 Å². The van der Waals surface area contributed by atoms with Crippen molar-refractivity contribution < 1.29 is 17.9 Å². The molecule has 0 aliphatic carbocycles. The summed E-state index contributed by atoms with van der Waals surface area (Å²) in [5.41, 5.74) is 3.29. The van der Waals surface area contributed by atoms with Crippen LogP contribution in [0.25, 0.3) is 10.8 Å².